The molecule has 0 unspecified atom stereocenters. The molecular weight excluding hydrogens is 397 g/mol. The molecule has 7 heteroatoms. The van der Waals surface area contributed by atoms with Crippen LogP contribution < -0.4 is 15.4 Å². The van der Waals surface area contributed by atoms with Crippen LogP contribution in [0.4, 0.5) is 5.69 Å². The lowest BCUT2D eigenvalue weighted by atomic mass is 10.1. The monoisotopic (exact) mass is 417 g/mol. The van der Waals surface area contributed by atoms with Gasteiger partial charge in [0.2, 0.25) is 5.91 Å². The summed E-state index contributed by atoms with van der Waals surface area (Å²) in [6.07, 6.45) is 0. The molecule has 0 fully saturated rings. The number of halogens is 2. The van der Waals surface area contributed by atoms with Gasteiger partial charge >= 0.3 is 0 Å². The largest absolute Gasteiger partial charge is 0.487 e. The standard InChI is InChI=1S/C21H21Cl2N3O2/c1-3-26(19(27)11-24)17-10-9-16(22)15(20(17)23)12-28-18-6-4-5-14-8-7-13(2)25-21(14)18/h4-10H,3,11-12,24H2,1-2H3. The summed E-state index contributed by atoms with van der Waals surface area (Å²) >= 11 is 12.9. The van der Waals surface area contributed by atoms with Gasteiger partial charge in [-0.15, -0.1) is 0 Å². The highest BCUT2D eigenvalue weighted by Crippen LogP contribution is 2.35. The average Bonchev–Trinajstić information content (AvgIpc) is 2.69. The predicted molar refractivity (Wildman–Crippen MR) is 114 cm³/mol. The summed E-state index contributed by atoms with van der Waals surface area (Å²) in [5.41, 5.74) is 8.36. The molecule has 0 aliphatic carbocycles. The molecule has 0 aliphatic heterocycles. The Balaban J connectivity index is 1.94. The third-order valence-electron chi connectivity index (χ3n) is 4.44. The summed E-state index contributed by atoms with van der Waals surface area (Å²) < 4.78 is 6.02. The van der Waals surface area contributed by atoms with Crippen molar-refractivity contribution in [1.82, 2.24) is 4.98 Å². The van der Waals surface area contributed by atoms with E-state index < -0.39 is 0 Å². The number of nitrogens with two attached hydrogens (primary N) is 1. The highest BCUT2D eigenvalue weighted by Gasteiger charge is 2.19. The molecule has 0 bridgehead atoms. The minimum absolute atomic E-state index is 0.0976. The fraction of sp³-hybridized carbons (Fsp3) is 0.238. The van der Waals surface area contributed by atoms with Crippen LogP contribution in [0.15, 0.2) is 42.5 Å². The Morgan fingerprint density at radius 1 is 1.18 bits per heavy atom. The van der Waals surface area contributed by atoms with Crippen LogP contribution in [-0.2, 0) is 11.4 Å². The number of hydrogen-bond acceptors (Lipinski definition) is 4. The van der Waals surface area contributed by atoms with Crippen LogP contribution in [-0.4, -0.2) is 24.0 Å². The minimum Gasteiger partial charge on any atom is -0.487 e. The maximum Gasteiger partial charge on any atom is 0.240 e. The zero-order valence-electron chi connectivity index (χ0n) is 15.7. The second-order valence-corrected chi connectivity index (χ2v) is 7.06. The van der Waals surface area contributed by atoms with Gasteiger partial charge in [-0.3, -0.25) is 4.79 Å². The molecule has 0 spiro atoms. The Kier molecular flexibility index (Phi) is 6.39. The van der Waals surface area contributed by atoms with E-state index in [1.807, 2.05) is 44.2 Å². The Bertz CT molecular complexity index is 1020. The van der Waals surface area contributed by atoms with Gasteiger partial charge in [0.1, 0.15) is 17.9 Å². The number of hydrogen-bond donors (Lipinski definition) is 1. The van der Waals surface area contributed by atoms with Gasteiger partial charge in [-0.2, -0.15) is 0 Å². The van der Waals surface area contributed by atoms with Crippen molar-refractivity contribution in [2.45, 2.75) is 20.5 Å². The molecule has 2 N–H and O–H groups in total. The number of carbonyl (C=O) groups is 1. The zero-order valence-corrected chi connectivity index (χ0v) is 17.2. The van der Waals surface area contributed by atoms with Crippen molar-refractivity contribution < 1.29 is 9.53 Å². The highest BCUT2D eigenvalue weighted by atomic mass is 35.5. The number of amides is 1. The van der Waals surface area contributed by atoms with Crippen molar-refractivity contribution in [2.24, 2.45) is 5.73 Å². The Hall–Kier alpha value is -2.34. The molecule has 0 aliphatic rings. The molecule has 1 amide bonds. The molecular formula is C21H21Cl2N3O2. The van der Waals surface area contributed by atoms with Gasteiger partial charge in [-0.05, 0) is 38.1 Å². The van der Waals surface area contributed by atoms with E-state index in [9.17, 15) is 4.79 Å². The van der Waals surface area contributed by atoms with Crippen molar-refractivity contribution >= 4 is 45.7 Å². The number of pyridine rings is 1. The van der Waals surface area contributed by atoms with E-state index in [1.54, 1.807) is 12.1 Å². The number of para-hydroxylation sites is 1. The quantitative estimate of drug-likeness (QED) is 0.628. The minimum atomic E-state index is -0.215. The molecule has 3 rings (SSSR count). The van der Waals surface area contributed by atoms with Gasteiger partial charge in [0.25, 0.3) is 0 Å². The summed E-state index contributed by atoms with van der Waals surface area (Å²) in [5.74, 6) is 0.427. The summed E-state index contributed by atoms with van der Waals surface area (Å²) in [6, 6.07) is 13.1. The van der Waals surface area contributed by atoms with Gasteiger partial charge in [0, 0.05) is 28.2 Å². The lowest BCUT2D eigenvalue weighted by Gasteiger charge is -2.23. The summed E-state index contributed by atoms with van der Waals surface area (Å²) in [4.78, 5) is 18.2. The van der Waals surface area contributed by atoms with E-state index in [1.165, 1.54) is 4.90 Å². The topological polar surface area (TPSA) is 68.5 Å². The average molecular weight is 418 g/mol. The van der Waals surface area contributed by atoms with E-state index in [-0.39, 0.29) is 19.1 Å². The van der Waals surface area contributed by atoms with Crippen molar-refractivity contribution in [3.63, 3.8) is 0 Å². The highest BCUT2D eigenvalue weighted by molar-refractivity contribution is 6.38. The lowest BCUT2D eigenvalue weighted by molar-refractivity contribution is -0.117. The van der Waals surface area contributed by atoms with E-state index in [2.05, 4.69) is 4.98 Å². The van der Waals surface area contributed by atoms with Crippen LogP contribution in [0, 0.1) is 6.92 Å². The first-order valence-electron chi connectivity index (χ1n) is 8.92. The number of benzene rings is 2. The van der Waals surface area contributed by atoms with Crippen LogP contribution in [0.1, 0.15) is 18.2 Å². The van der Waals surface area contributed by atoms with E-state index in [0.29, 0.717) is 33.6 Å². The number of nitrogens with zero attached hydrogens (tertiary/aromatic N) is 2. The molecule has 5 nitrogen and oxygen atoms in total. The number of aromatic nitrogens is 1. The molecule has 2 aromatic carbocycles. The van der Waals surface area contributed by atoms with E-state index in [4.69, 9.17) is 33.7 Å². The van der Waals surface area contributed by atoms with Crippen molar-refractivity contribution in [1.29, 1.82) is 0 Å². The van der Waals surface area contributed by atoms with Crippen molar-refractivity contribution in [2.75, 3.05) is 18.0 Å². The fourth-order valence-corrected chi connectivity index (χ4v) is 3.58. The summed E-state index contributed by atoms with van der Waals surface area (Å²) in [6.45, 7) is 4.29. The van der Waals surface area contributed by atoms with Crippen LogP contribution in [0.3, 0.4) is 0 Å². The summed E-state index contributed by atoms with van der Waals surface area (Å²) in [5, 5.41) is 1.83. The van der Waals surface area contributed by atoms with Crippen LogP contribution in [0.25, 0.3) is 10.9 Å². The lowest BCUT2D eigenvalue weighted by Crippen LogP contribution is -2.36. The Morgan fingerprint density at radius 2 is 1.96 bits per heavy atom. The number of carbonyl (C=O) groups excluding carboxylic acids is 1. The molecule has 1 aromatic heterocycles. The molecule has 28 heavy (non-hydrogen) atoms. The first kappa shape index (κ1) is 20.4. The molecule has 0 saturated carbocycles. The van der Waals surface area contributed by atoms with Gasteiger partial charge in [0.05, 0.1) is 17.3 Å². The number of likely N-dealkylation sites (N-methyl/N-ethyl adjacent to an activating group) is 1. The van der Waals surface area contributed by atoms with Gasteiger partial charge in [0.15, 0.2) is 0 Å². The molecule has 0 atom stereocenters. The second kappa shape index (κ2) is 8.78. The number of aryl methyl sites for hydroxylation is 1. The number of ether oxygens (including phenoxy) is 1. The number of fused-ring (bicyclic) bond motifs is 1. The maximum atomic E-state index is 12.1. The first-order valence-corrected chi connectivity index (χ1v) is 9.68. The van der Waals surface area contributed by atoms with Crippen LogP contribution in [0.2, 0.25) is 10.0 Å². The molecule has 1 heterocycles. The maximum absolute atomic E-state index is 12.1. The third-order valence-corrected chi connectivity index (χ3v) is 5.22. The zero-order chi connectivity index (χ0) is 20.3. The van der Waals surface area contributed by atoms with E-state index >= 15 is 0 Å². The Labute approximate surface area is 174 Å². The van der Waals surface area contributed by atoms with Crippen LogP contribution >= 0.6 is 23.2 Å². The van der Waals surface area contributed by atoms with Crippen molar-refractivity contribution in [3.05, 3.63) is 63.8 Å². The molecule has 0 radical (unpaired) electrons. The van der Waals surface area contributed by atoms with Crippen molar-refractivity contribution in [3.8, 4) is 5.75 Å². The Morgan fingerprint density at radius 3 is 2.68 bits per heavy atom. The second-order valence-electron chi connectivity index (χ2n) is 6.27. The smallest absolute Gasteiger partial charge is 0.240 e. The van der Waals surface area contributed by atoms with Gasteiger partial charge in [-0.1, -0.05) is 41.4 Å². The van der Waals surface area contributed by atoms with Gasteiger partial charge in [-0.25, -0.2) is 4.98 Å². The van der Waals surface area contributed by atoms with E-state index in [0.717, 1.165) is 16.6 Å². The summed E-state index contributed by atoms with van der Waals surface area (Å²) in [7, 11) is 0. The molecule has 146 valence electrons. The predicted octanol–water partition coefficient (Wildman–Crippen LogP) is 4.74. The van der Waals surface area contributed by atoms with Crippen LogP contribution in [0.5, 0.6) is 5.75 Å². The molecule has 0 saturated heterocycles. The first-order chi connectivity index (χ1) is 13.5. The number of rotatable bonds is 6. The normalized spacial score (nSPS) is 10.9. The van der Waals surface area contributed by atoms with Gasteiger partial charge < -0.3 is 15.4 Å². The SMILES string of the molecule is CCN(C(=O)CN)c1ccc(Cl)c(COc2cccc3ccc(C)nc23)c1Cl. The molecule has 3 aromatic rings. The third kappa shape index (κ3) is 4.07. The number of anilines is 1. The fourth-order valence-electron chi connectivity index (χ4n) is 3.00.